The van der Waals surface area contributed by atoms with E-state index in [2.05, 4.69) is 17.1 Å². The number of aromatic nitrogens is 1. The summed E-state index contributed by atoms with van der Waals surface area (Å²) in [5.41, 5.74) is 2.42. The lowest BCUT2D eigenvalue weighted by Gasteiger charge is -2.14. The highest BCUT2D eigenvalue weighted by Crippen LogP contribution is 2.43. The normalized spacial score (nSPS) is 17.0. The van der Waals surface area contributed by atoms with Crippen molar-refractivity contribution >= 4 is 11.3 Å². The molecular weight excluding hydrogens is 230 g/mol. The average molecular weight is 245 g/mol. The van der Waals surface area contributed by atoms with Crippen molar-refractivity contribution in [1.82, 2.24) is 4.98 Å². The summed E-state index contributed by atoms with van der Waals surface area (Å²) < 4.78 is 0. The van der Waals surface area contributed by atoms with Gasteiger partial charge in [-0.3, -0.25) is 0 Å². The summed E-state index contributed by atoms with van der Waals surface area (Å²) in [7, 11) is 0. The first-order chi connectivity index (χ1) is 8.34. The molecular formula is C14H15NOS. The summed E-state index contributed by atoms with van der Waals surface area (Å²) in [6, 6.07) is 8.27. The van der Waals surface area contributed by atoms with Gasteiger partial charge in [0, 0.05) is 18.0 Å². The monoisotopic (exact) mass is 245 g/mol. The molecule has 2 nitrogen and oxygen atoms in total. The third-order valence-electron chi connectivity index (χ3n) is 3.22. The molecule has 1 fully saturated rings. The lowest BCUT2D eigenvalue weighted by atomic mass is 9.97. The Morgan fingerprint density at radius 2 is 2.18 bits per heavy atom. The molecule has 1 atom stereocenters. The molecule has 0 amide bonds. The fourth-order valence-corrected chi connectivity index (χ4v) is 2.86. The van der Waals surface area contributed by atoms with E-state index in [-0.39, 0.29) is 0 Å². The Morgan fingerprint density at radius 3 is 2.88 bits per heavy atom. The van der Waals surface area contributed by atoms with Gasteiger partial charge in [0.05, 0.1) is 11.1 Å². The largest absolute Gasteiger partial charge is 0.388 e. The molecule has 1 N–H and O–H groups in total. The van der Waals surface area contributed by atoms with Gasteiger partial charge in [-0.15, -0.1) is 11.3 Å². The second kappa shape index (κ2) is 4.59. The summed E-state index contributed by atoms with van der Waals surface area (Å²) in [5, 5.41) is 13.3. The highest BCUT2D eigenvalue weighted by Gasteiger charge is 2.27. The van der Waals surface area contributed by atoms with Gasteiger partial charge in [0.1, 0.15) is 0 Å². The molecule has 0 aliphatic heterocycles. The van der Waals surface area contributed by atoms with E-state index in [1.807, 2.05) is 17.5 Å². The molecule has 3 rings (SSSR count). The maximum Gasteiger partial charge on any atom is 0.0954 e. The highest BCUT2D eigenvalue weighted by atomic mass is 32.1. The molecule has 0 bridgehead atoms. The van der Waals surface area contributed by atoms with Gasteiger partial charge in [0.25, 0.3) is 0 Å². The Balaban J connectivity index is 1.83. The molecule has 1 unspecified atom stereocenters. The zero-order valence-corrected chi connectivity index (χ0v) is 10.4. The van der Waals surface area contributed by atoms with Crippen LogP contribution in [0.4, 0.5) is 0 Å². The van der Waals surface area contributed by atoms with Gasteiger partial charge < -0.3 is 5.11 Å². The molecule has 0 saturated heterocycles. The first kappa shape index (κ1) is 10.9. The summed E-state index contributed by atoms with van der Waals surface area (Å²) >= 11 is 1.60. The van der Waals surface area contributed by atoms with E-state index in [1.165, 1.54) is 18.4 Å². The number of hydrogen-bond acceptors (Lipinski definition) is 3. The zero-order valence-electron chi connectivity index (χ0n) is 9.54. The van der Waals surface area contributed by atoms with E-state index in [0.717, 1.165) is 10.6 Å². The van der Waals surface area contributed by atoms with Crippen LogP contribution in [0, 0.1) is 0 Å². The van der Waals surface area contributed by atoms with Gasteiger partial charge in [-0.2, -0.15) is 0 Å². The molecule has 88 valence electrons. The summed E-state index contributed by atoms with van der Waals surface area (Å²) in [4.78, 5) is 4.23. The van der Waals surface area contributed by atoms with Gasteiger partial charge in [-0.1, -0.05) is 24.3 Å². The third-order valence-corrected chi connectivity index (χ3v) is 4.03. The number of benzene rings is 1. The van der Waals surface area contributed by atoms with Crippen molar-refractivity contribution in [2.75, 3.05) is 0 Å². The highest BCUT2D eigenvalue weighted by molar-refractivity contribution is 7.09. The van der Waals surface area contributed by atoms with Crippen LogP contribution in [-0.2, 0) is 6.42 Å². The number of nitrogens with zero attached hydrogens (tertiary/aromatic N) is 1. The van der Waals surface area contributed by atoms with Gasteiger partial charge in [0.15, 0.2) is 0 Å². The Bertz CT molecular complexity index is 491. The number of hydrogen-bond donors (Lipinski definition) is 1. The molecule has 3 heteroatoms. The number of aliphatic hydroxyl groups is 1. The van der Waals surface area contributed by atoms with E-state index in [4.69, 9.17) is 0 Å². The van der Waals surface area contributed by atoms with Gasteiger partial charge in [-0.05, 0) is 29.9 Å². The van der Waals surface area contributed by atoms with Crippen molar-refractivity contribution in [1.29, 1.82) is 0 Å². The first-order valence-electron chi connectivity index (χ1n) is 6.00. The molecule has 0 spiro atoms. The number of aliphatic hydroxyl groups excluding tert-OH is 1. The minimum Gasteiger partial charge on any atom is -0.388 e. The number of thiazole rings is 1. The molecule has 1 aliphatic rings. The van der Waals surface area contributed by atoms with Gasteiger partial charge in [-0.25, -0.2) is 4.98 Å². The maximum atomic E-state index is 10.3. The van der Waals surface area contributed by atoms with Crippen LogP contribution in [0.2, 0.25) is 0 Å². The Morgan fingerprint density at radius 1 is 1.35 bits per heavy atom. The predicted molar refractivity (Wildman–Crippen MR) is 69.2 cm³/mol. The van der Waals surface area contributed by atoms with Crippen molar-refractivity contribution in [3.8, 4) is 0 Å². The van der Waals surface area contributed by atoms with Crippen molar-refractivity contribution < 1.29 is 5.11 Å². The quantitative estimate of drug-likeness (QED) is 0.896. The lowest BCUT2D eigenvalue weighted by molar-refractivity contribution is 0.177. The Kier molecular flexibility index (Phi) is 2.95. The van der Waals surface area contributed by atoms with Crippen molar-refractivity contribution in [3.05, 3.63) is 52.0 Å². The fraction of sp³-hybridized carbons (Fsp3) is 0.357. The minimum atomic E-state index is -0.419. The standard InChI is InChI=1S/C14H15NOS/c16-13(9-14-15-7-8-17-14)12-4-2-1-3-11(12)10-5-6-10/h1-4,7-8,10,13,16H,5-6,9H2. The van der Waals surface area contributed by atoms with Crippen molar-refractivity contribution in [2.45, 2.75) is 31.3 Å². The molecule has 1 aliphatic carbocycles. The van der Waals surface area contributed by atoms with E-state index in [1.54, 1.807) is 17.5 Å². The molecule has 17 heavy (non-hydrogen) atoms. The zero-order chi connectivity index (χ0) is 11.7. The van der Waals surface area contributed by atoms with E-state index >= 15 is 0 Å². The van der Waals surface area contributed by atoms with E-state index in [9.17, 15) is 5.11 Å². The minimum absolute atomic E-state index is 0.419. The smallest absolute Gasteiger partial charge is 0.0954 e. The van der Waals surface area contributed by atoms with E-state index < -0.39 is 6.10 Å². The predicted octanol–water partition coefficient (Wildman–Crippen LogP) is 3.30. The van der Waals surface area contributed by atoms with Gasteiger partial charge in [0.2, 0.25) is 0 Å². The van der Waals surface area contributed by atoms with Crippen molar-refractivity contribution in [3.63, 3.8) is 0 Å². The van der Waals surface area contributed by atoms with Crippen LogP contribution in [-0.4, -0.2) is 10.1 Å². The molecule has 0 radical (unpaired) electrons. The van der Waals surface area contributed by atoms with Gasteiger partial charge >= 0.3 is 0 Å². The summed E-state index contributed by atoms with van der Waals surface area (Å²) in [6.45, 7) is 0. The molecule has 1 aromatic carbocycles. The summed E-state index contributed by atoms with van der Waals surface area (Å²) in [6.07, 6.45) is 4.53. The van der Waals surface area contributed by atoms with Crippen LogP contribution in [0.1, 0.15) is 41.0 Å². The van der Waals surface area contributed by atoms with Crippen LogP contribution in [0.3, 0.4) is 0 Å². The molecule has 1 heterocycles. The fourth-order valence-electron chi connectivity index (χ4n) is 2.21. The molecule has 1 saturated carbocycles. The van der Waals surface area contributed by atoms with Crippen LogP contribution in [0.15, 0.2) is 35.8 Å². The van der Waals surface area contributed by atoms with Crippen molar-refractivity contribution in [2.24, 2.45) is 0 Å². The lowest BCUT2D eigenvalue weighted by Crippen LogP contribution is -2.04. The van der Waals surface area contributed by atoms with Crippen LogP contribution in [0.25, 0.3) is 0 Å². The molecule has 1 aromatic heterocycles. The van der Waals surface area contributed by atoms with Crippen LogP contribution < -0.4 is 0 Å². The Hall–Kier alpha value is -1.19. The maximum absolute atomic E-state index is 10.3. The molecule has 2 aromatic rings. The second-order valence-electron chi connectivity index (χ2n) is 4.55. The Labute approximate surface area is 105 Å². The third kappa shape index (κ3) is 2.40. The SMILES string of the molecule is OC(Cc1nccs1)c1ccccc1C1CC1. The second-order valence-corrected chi connectivity index (χ2v) is 5.53. The number of rotatable bonds is 4. The van der Waals surface area contributed by atoms with E-state index in [0.29, 0.717) is 12.3 Å². The van der Waals surface area contributed by atoms with Crippen LogP contribution >= 0.6 is 11.3 Å². The average Bonchev–Trinajstić information content (AvgIpc) is 3.08. The van der Waals surface area contributed by atoms with Crippen LogP contribution in [0.5, 0.6) is 0 Å². The topological polar surface area (TPSA) is 33.1 Å². The first-order valence-corrected chi connectivity index (χ1v) is 6.88. The summed E-state index contributed by atoms with van der Waals surface area (Å²) in [5.74, 6) is 0.678.